The Hall–Kier alpha value is -1.36. The molecule has 1 aliphatic rings. The molecule has 0 bridgehead atoms. The van der Waals surface area contributed by atoms with Crippen LogP contribution in [0.5, 0.6) is 0 Å². The van der Waals surface area contributed by atoms with Crippen molar-refractivity contribution in [1.29, 1.82) is 5.26 Å². The average Bonchev–Trinajstić information content (AvgIpc) is 2.39. The van der Waals surface area contributed by atoms with Crippen molar-refractivity contribution in [3.05, 3.63) is 35.6 Å². The highest BCUT2D eigenvalue weighted by atomic mass is 19.1. The molecule has 1 aliphatic carbocycles. The fourth-order valence-corrected chi connectivity index (χ4v) is 3.23. The molecule has 1 aromatic carbocycles. The molecule has 1 fully saturated rings. The zero-order valence-electron chi connectivity index (χ0n) is 11.8. The molecule has 1 nitrogen and oxygen atoms in total. The van der Waals surface area contributed by atoms with Gasteiger partial charge < -0.3 is 0 Å². The van der Waals surface area contributed by atoms with Gasteiger partial charge in [0.1, 0.15) is 5.82 Å². The lowest BCUT2D eigenvalue weighted by molar-refractivity contribution is 0.175. The SMILES string of the molecule is CC(C)C1CCC(C#N)(Cc2cccc(F)c2)CC1. The van der Waals surface area contributed by atoms with Crippen molar-refractivity contribution >= 4 is 0 Å². The van der Waals surface area contributed by atoms with E-state index in [4.69, 9.17) is 0 Å². The monoisotopic (exact) mass is 259 g/mol. The third-order valence-corrected chi connectivity index (χ3v) is 4.60. The van der Waals surface area contributed by atoms with E-state index in [1.807, 2.05) is 6.07 Å². The minimum atomic E-state index is -0.279. The van der Waals surface area contributed by atoms with Crippen LogP contribution in [0, 0.1) is 34.4 Å². The lowest BCUT2D eigenvalue weighted by atomic mass is 9.66. The van der Waals surface area contributed by atoms with E-state index in [0.717, 1.165) is 37.2 Å². The quantitative estimate of drug-likeness (QED) is 0.770. The molecule has 0 unspecified atom stereocenters. The molecule has 1 aromatic rings. The Balaban J connectivity index is 2.07. The molecule has 2 heteroatoms. The molecule has 2 rings (SSSR count). The summed E-state index contributed by atoms with van der Waals surface area (Å²) in [6.45, 7) is 4.52. The van der Waals surface area contributed by atoms with Gasteiger partial charge in [0.05, 0.1) is 11.5 Å². The second kappa shape index (κ2) is 5.74. The van der Waals surface area contributed by atoms with Crippen LogP contribution in [0.25, 0.3) is 0 Å². The standard InChI is InChI=1S/C17H22FN/c1-13(2)15-6-8-17(12-19,9-7-15)11-14-4-3-5-16(18)10-14/h3-5,10,13,15H,6-9,11H2,1-2H3. The summed E-state index contributed by atoms with van der Waals surface area (Å²) >= 11 is 0. The van der Waals surface area contributed by atoms with Crippen molar-refractivity contribution in [2.45, 2.75) is 46.0 Å². The molecular weight excluding hydrogens is 237 g/mol. The number of rotatable bonds is 3. The van der Waals surface area contributed by atoms with E-state index >= 15 is 0 Å². The molecule has 102 valence electrons. The Kier molecular flexibility index (Phi) is 4.24. The molecule has 0 heterocycles. The third-order valence-electron chi connectivity index (χ3n) is 4.60. The minimum absolute atomic E-state index is 0.207. The molecule has 19 heavy (non-hydrogen) atoms. The normalized spacial score (nSPS) is 27.2. The molecular formula is C17H22FN. The van der Waals surface area contributed by atoms with E-state index in [-0.39, 0.29) is 11.2 Å². The first-order chi connectivity index (χ1) is 9.04. The van der Waals surface area contributed by atoms with Gasteiger partial charge in [0.15, 0.2) is 0 Å². The maximum Gasteiger partial charge on any atom is 0.123 e. The first-order valence-electron chi connectivity index (χ1n) is 7.20. The zero-order chi connectivity index (χ0) is 13.9. The van der Waals surface area contributed by atoms with Crippen molar-refractivity contribution in [2.24, 2.45) is 17.3 Å². The van der Waals surface area contributed by atoms with Gasteiger partial charge >= 0.3 is 0 Å². The van der Waals surface area contributed by atoms with Gasteiger partial charge in [0.25, 0.3) is 0 Å². The number of nitrogens with zero attached hydrogens (tertiary/aromatic N) is 1. The van der Waals surface area contributed by atoms with Crippen molar-refractivity contribution in [2.75, 3.05) is 0 Å². The van der Waals surface area contributed by atoms with E-state index in [0.29, 0.717) is 12.3 Å². The molecule has 0 saturated heterocycles. The highest BCUT2D eigenvalue weighted by molar-refractivity contribution is 5.21. The molecule has 0 amide bonds. The van der Waals surface area contributed by atoms with Crippen LogP contribution in [-0.2, 0) is 6.42 Å². The van der Waals surface area contributed by atoms with Crippen LogP contribution >= 0.6 is 0 Å². The molecule has 0 spiro atoms. The van der Waals surface area contributed by atoms with Gasteiger partial charge in [-0.05, 0) is 61.6 Å². The highest BCUT2D eigenvalue weighted by Gasteiger charge is 2.36. The molecule has 1 saturated carbocycles. The smallest absolute Gasteiger partial charge is 0.123 e. The zero-order valence-corrected chi connectivity index (χ0v) is 11.8. The Bertz CT molecular complexity index is 464. The number of nitriles is 1. The Morgan fingerprint density at radius 1 is 1.37 bits per heavy atom. The second-order valence-corrected chi connectivity index (χ2v) is 6.28. The number of hydrogen-bond acceptors (Lipinski definition) is 1. The topological polar surface area (TPSA) is 23.8 Å². The van der Waals surface area contributed by atoms with Gasteiger partial charge in [-0.1, -0.05) is 26.0 Å². The van der Waals surface area contributed by atoms with Gasteiger partial charge in [-0.3, -0.25) is 0 Å². The van der Waals surface area contributed by atoms with Crippen molar-refractivity contribution in [3.8, 4) is 6.07 Å². The van der Waals surface area contributed by atoms with E-state index in [1.54, 1.807) is 12.1 Å². The Morgan fingerprint density at radius 3 is 2.58 bits per heavy atom. The number of halogens is 1. The molecule has 0 atom stereocenters. The predicted molar refractivity (Wildman–Crippen MR) is 74.9 cm³/mol. The van der Waals surface area contributed by atoms with Crippen LogP contribution in [0.1, 0.15) is 45.1 Å². The summed E-state index contributed by atoms with van der Waals surface area (Å²) in [6.07, 6.45) is 4.83. The van der Waals surface area contributed by atoms with Gasteiger partial charge in [-0.2, -0.15) is 5.26 Å². The van der Waals surface area contributed by atoms with Crippen LogP contribution < -0.4 is 0 Å². The van der Waals surface area contributed by atoms with Crippen LogP contribution in [0.4, 0.5) is 4.39 Å². The van der Waals surface area contributed by atoms with Crippen LogP contribution in [0.3, 0.4) is 0 Å². The molecule has 0 radical (unpaired) electrons. The van der Waals surface area contributed by atoms with Crippen molar-refractivity contribution < 1.29 is 4.39 Å². The first kappa shape index (κ1) is 14.1. The summed E-state index contributed by atoms with van der Waals surface area (Å²) in [7, 11) is 0. The first-order valence-corrected chi connectivity index (χ1v) is 7.20. The predicted octanol–water partition coefficient (Wildman–Crippen LogP) is 4.72. The largest absolute Gasteiger partial charge is 0.207 e. The lowest BCUT2D eigenvalue weighted by Gasteiger charge is -2.36. The van der Waals surface area contributed by atoms with Crippen molar-refractivity contribution in [3.63, 3.8) is 0 Å². The lowest BCUT2D eigenvalue weighted by Crippen LogP contribution is -2.30. The van der Waals surface area contributed by atoms with E-state index in [2.05, 4.69) is 19.9 Å². The molecule has 0 aromatic heterocycles. The van der Waals surface area contributed by atoms with E-state index in [1.165, 1.54) is 6.07 Å². The van der Waals surface area contributed by atoms with Crippen LogP contribution in [0.15, 0.2) is 24.3 Å². The summed E-state index contributed by atoms with van der Waals surface area (Å²) in [5.41, 5.74) is 0.670. The van der Waals surface area contributed by atoms with E-state index < -0.39 is 0 Å². The summed E-state index contributed by atoms with van der Waals surface area (Å²) in [6, 6.07) is 9.20. The summed E-state index contributed by atoms with van der Waals surface area (Å²) in [5, 5.41) is 9.55. The average molecular weight is 259 g/mol. The molecule has 0 aliphatic heterocycles. The van der Waals surface area contributed by atoms with Gasteiger partial charge in [-0.15, -0.1) is 0 Å². The maximum absolute atomic E-state index is 13.2. The molecule has 0 N–H and O–H groups in total. The minimum Gasteiger partial charge on any atom is -0.207 e. The van der Waals surface area contributed by atoms with Crippen LogP contribution in [0.2, 0.25) is 0 Å². The van der Waals surface area contributed by atoms with Gasteiger partial charge in [0, 0.05) is 0 Å². The van der Waals surface area contributed by atoms with Gasteiger partial charge in [0.2, 0.25) is 0 Å². The summed E-state index contributed by atoms with van der Waals surface area (Å²) in [4.78, 5) is 0. The Labute approximate surface area is 115 Å². The Morgan fingerprint density at radius 2 is 2.05 bits per heavy atom. The third kappa shape index (κ3) is 3.35. The fraction of sp³-hybridized carbons (Fsp3) is 0.588. The van der Waals surface area contributed by atoms with Gasteiger partial charge in [-0.25, -0.2) is 4.39 Å². The van der Waals surface area contributed by atoms with Crippen LogP contribution in [-0.4, -0.2) is 0 Å². The van der Waals surface area contributed by atoms with Crippen molar-refractivity contribution in [1.82, 2.24) is 0 Å². The number of hydrogen-bond donors (Lipinski definition) is 0. The second-order valence-electron chi connectivity index (χ2n) is 6.28. The summed E-state index contributed by atoms with van der Waals surface area (Å²) < 4.78 is 13.2. The maximum atomic E-state index is 13.2. The summed E-state index contributed by atoms with van der Waals surface area (Å²) in [5.74, 6) is 1.24. The number of benzene rings is 1. The fourth-order valence-electron chi connectivity index (χ4n) is 3.23. The highest BCUT2D eigenvalue weighted by Crippen LogP contribution is 2.43. The van der Waals surface area contributed by atoms with E-state index in [9.17, 15) is 9.65 Å².